The summed E-state index contributed by atoms with van der Waals surface area (Å²) >= 11 is 0. The molecule has 0 radical (unpaired) electrons. The van der Waals surface area contributed by atoms with Gasteiger partial charge in [-0.2, -0.15) is 0 Å². The molecule has 0 bridgehead atoms. The lowest BCUT2D eigenvalue weighted by Gasteiger charge is -2.63. The van der Waals surface area contributed by atoms with Crippen LogP contribution in [0.25, 0.3) is 0 Å². The zero-order valence-corrected chi connectivity index (χ0v) is 28.1. The molecule has 7 rings (SSSR count). The minimum absolute atomic E-state index is 0.00614. The van der Waals surface area contributed by atoms with Gasteiger partial charge in [0.05, 0.1) is 24.4 Å². The van der Waals surface area contributed by atoms with Crippen molar-refractivity contribution in [2.75, 3.05) is 13.2 Å². The van der Waals surface area contributed by atoms with Crippen molar-refractivity contribution in [3.8, 4) is 0 Å². The largest absolute Gasteiger partial charge is 0.458 e. The predicted octanol–water partition coefficient (Wildman–Crippen LogP) is -0.541. The molecule has 6 fully saturated rings. The summed E-state index contributed by atoms with van der Waals surface area (Å²) in [5, 5.41) is 75.2. The SMILES string of the molecule is CC1OC(O)C(O)C(O)C1OC1OC(CO)C(OC2CCC3(C=O)C(CCC4C3CCC3(C)C(C5=CC(=O)OC5)CCC43O)C2)C(O)C1O. The van der Waals surface area contributed by atoms with Crippen LogP contribution in [0.15, 0.2) is 11.6 Å². The second-order valence-corrected chi connectivity index (χ2v) is 16.0. The zero-order valence-electron chi connectivity index (χ0n) is 28.1. The van der Waals surface area contributed by atoms with Crippen LogP contribution in [0.4, 0.5) is 0 Å². The molecule has 0 spiro atoms. The maximum absolute atomic E-state index is 13.1. The molecule has 2 saturated heterocycles. The molecule has 3 heterocycles. The van der Waals surface area contributed by atoms with Gasteiger partial charge in [0.15, 0.2) is 12.6 Å². The fourth-order valence-electron chi connectivity index (χ4n) is 11.3. The Bertz CT molecular complexity index is 1290. The molecule has 0 aromatic rings. The lowest BCUT2D eigenvalue weighted by atomic mass is 9.43. The number of aliphatic hydroxyl groups excluding tert-OH is 6. The molecule has 3 aliphatic heterocycles. The third kappa shape index (κ3) is 5.56. The maximum Gasteiger partial charge on any atom is 0.331 e. The number of hydrogen-bond donors (Lipinski definition) is 7. The lowest BCUT2D eigenvalue weighted by molar-refractivity contribution is -0.356. The normalized spacial score (nSPS) is 54.3. The first-order valence-electron chi connectivity index (χ1n) is 18.0. The number of cyclic esters (lactones) is 1. The van der Waals surface area contributed by atoms with Crippen LogP contribution in [0.1, 0.15) is 71.6 Å². The van der Waals surface area contributed by atoms with Gasteiger partial charge < -0.3 is 64.2 Å². The summed E-state index contributed by atoms with van der Waals surface area (Å²) < 4.78 is 28.4. The van der Waals surface area contributed by atoms with Gasteiger partial charge >= 0.3 is 5.97 Å². The van der Waals surface area contributed by atoms with Crippen molar-refractivity contribution in [1.29, 1.82) is 0 Å². The highest BCUT2D eigenvalue weighted by atomic mass is 16.7. The highest BCUT2D eigenvalue weighted by molar-refractivity contribution is 5.85. The van der Waals surface area contributed by atoms with Crippen LogP contribution in [0.2, 0.25) is 0 Å². The van der Waals surface area contributed by atoms with Crippen molar-refractivity contribution in [2.24, 2.45) is 34.5 Å². The van der Waals surface area contributed by atoms with Crippen LogP contribution in [-0.2, 0) is 33.3 Å². The summed E-state index contributed by atoms with van der Waals surface area (Å²) in [6.07, 6.45) is -5.50. The van der Waals surface area contributed by atoms with E-state index in [0.29, 0.717) is 25.7 Å². The monoisotopic (exact) mass is 696 g/mol. The molecule has 276 valence electrons. The topological polar surface area (TPSA) is 222 Å². The quantitative estimate of drug-likeness (QED) is 0.131. The van der Waals surface area contributed by atoms with Crippen LogP contribution in [-0.4, -0.2) is 134 Å². The smallest absolute Gasteiger partial charge is 0.331 e. The number of aliphatic hydroxyl groups is 7. The second-order valence-electron chi connectivity index (χ2n) is 16.0. The molecule has 7 N–H and O–H groups in total. The second kappa shape index (κ2) is 13.1. The molecule has 4 aliphatic carbocycles. The van der Waals surface area contributed by atoms with Gasteiger partial charge in [-0.1, -0.05) is 6.92 Å². The Kier molecular flexibility index (Phi) is 9.60. The Labute approximate surface area is 285 Å². The number of aldehydes is 1. The van der Waals surface area contributed by atoms with Gasteiger partial charge in [0.2, 0.25) is 0 Å². The van der Waals surface area contributed by atoms with Crippen molar-refractivity contribution < 1.29 is 69.0 Å². The third-order valence-corrected chi connectivity index (χ3v) is 14.0. The summed E-state index contributed by atoms with van der Waals surface area (Å²) in [4.78, 5) is 25.0. The van der Waals surface area contributed by atoms with Gasteiger partial charge in [-0.05, 0) is 94.0 Å². The van der Waals surface area contributed by atoms with E-state index >= 15 is 0 Å². The zero-order chi connectivity index (χ0) is 35.0. The summed E-state index contributed by atoms with van der Waals surface area (Å²) in [7, 11) is 0. The van der Waals surface area contributed by atoms with Crippen molar-refractivity contribution in [3.63, 3.8) is 0 Å². The fraction of sp³-hybridized carbons (Fsp3) is 0.886. The molecule has 14 heteroatoms. The standard InChI is InChI=1S/C35H52O14/c1-16-29(25(39)27(41)31(43)46-16)49-32-28(42)26(40)30(23(13-36)48-32)47-19-5-9-34(15-37)18(12-19)3-4-22-21(34)6-8-33(2)20(7-10-35(22,33)44)17-11-24(38)45-14-17/h11,15-16,18-23,25-32,36,39-44H,3-10,12-14H2,1-2H3. The fourth-order valence-corrected chi connectivity index (χ4v) is 11.3. The number of carbonyl (C=O) groups is 2. The Morgan fingerprint density at radius 3 is 2.35 bits per heavy atom. The van der Waals surface area contributed by atoms with E-state index in [1.54, 1.807) is 6.08 Å². The van der Waals surface area contributed by atoms with Crippen LogP contribution in [0, 0.1) is 34.5 Å². The average Bonchev–Trinajstić information content (AvgIpc) is 3.63. The van der Waals surface area contributed by atoms with E-state index in [4.69, 9.17) is 23.7 Å². The first-order valence-corrected chi connectivity index (χ1v) is 18.0. The average molecular weight is 697 g/mol. The minimum Gasteiger partial charge on any atom is -0.458 e. The first kappa shape index (κ1) is 35.8. The van der Waals surface area contributed by atoms with Gasteiger partial charge in [0.1, 0.15) is 55.6 Å². The van der Waals surface area contributed by atoms with E-state index < -0.39 is 84.4 Å². The van der Waals surface area contributed by atoms with Crippen molar-refractivity contribution >= 4 is 12.3 Å². The minimum atomic E-state index is -1.66. The van der Waals surface area contributed by atoms with E-state index in [1.165, 1.54) is 6.92 Å². The van der Waals surface area contributed by atoms with Crippen LogP contribution in [0.5, 0.6) is 0 Å². The first-order chi connectivity index (χ1) is 23.3. The summed E-state index contributed by atoms with van der Waals surface area (Å²) in [5.41, 5.74) is -1.03. The van der Waals surface area contributed by atoms with E-state index in [-0.39, 0.29) is 42.4 Å². The molecule has 18 atom stereocenters. The Morgan fingerprint density at radius 1 is 0.898 bits per heavy atom. The van der Waals surface area contributed by atoms with Gasteiger partial charge in [0, 0.05) is 16.9 Å². The van der Waals surface area contributed by atoms with Crippen LogP contribution in [0.3, 0.4) is 0 Å². The van der Waals surface area contributed by atoms with E-state index in [0.717, 1.165) is 44.0 Å². The number of fused-ring (bicyclic) bond motifs is 5. The molecule has 4 saturated carbocycles. The van der Waals surface area contributed by atoms with Gasteiger partial charge in [-0.3, -0.25) is 0 Å². The Balaban J connectivity index is 1.02. The van der Waals surface area contributed by atoms with Crippen LogP contribution >= 0.6 is 0 Å². The summed E-state index contributed by atoms with van der Waals surface area (Å²) in [6.45, 7) is 3.36. The molecule has 0 amide bonds. The molecular formula is C35H52O14. The van der Waals surface area contributed by atoms with Crippen molar-refractivity contribution in [1.82, 2.24) is 0 Å². The van der Waals surface area contributed by atoms with Crippen molar-refractivity contribution in [2.45, 2.75) is 145 Å². The third-order valence-electron chi connectivity index (χ3n) is 14.0. The molecular weight excluding hydrogens is 644 g/mol. The number of ether oxygens (including phenoxy) is 5. The van der Waals surface area contributed by atoms with Gasteiger partial charge in [-0.15, -0.1) is 0 Å². The highest BCUT2D eigenvalue weighted by Crippen LogP contribution is 2.69. The van der Waals surface area contributed by atoms with Gasteiger partial charge in [-0.25, -0.2) is 4.79 Å². The molecule has 18 unspecified atom stereocenters. The molecule has 14 nitrogen and oxygen atoms in total. The van der Waals surface area contributed by atoms with E-state index in [1.807, 2.05) is 0 Å². The molecule has 0 aromatic heterocycles. The molecule has 7 aliphatic rings. The molecule has 49 heavy (non-hydrogen) atoms. The number of hydrogen-bond acceptors (Lipinski definition) is 14. The van der Waals surface area contributed by atoms with Crippen LogP contribution < -0.4 is 0 Å². The number of rotatable bonds is 7. The summed E-state index contributed by atoms with van der Waals surface area (Å²) in [6, 6.07) is 0. The summed E-state index contributed by atoms with van der Waals surface area (Å²) in [5.74, 6) is -0.314. The molecule has 0 aromatic carbocycles. The van der Waals surface area contributed by atoms with Gasteiger partial charge in [0.25, 0.3) is 0 Å². The van der Waals surface area contributed by atoms with E-state index in [2.05, 4.69) is 6.92 Å². The van der Waals surface area contributed by atoms with Crippen molar-refractivity contribution in [3.05, 3.63) is 11.6 Å². The Morgan fingerprint density at radius 2 is 1.65 bits per heavy atom. The number of carbonyl (C=O) groups excluding carboxylic acids is 2. The van der Waals surface area contributed by atoms with E-state index in [9.17, 15) is 45.3 Å². The maximum atomic E-state index is 13.1. The Hall–Kier alpha value is -1.56. The highest BCUT2D eigenvalue weighted by Gasteiger charge is 2.69. The predicted molar refractivity (Wildman–Crippen MR) is 166 cm³/mol. The number of esters is 1. The lowest BCUT2D eigenvalue weighted by Crippen LogP contribution is -2.65.